The van der Waals surface area contributed by atoms with Crippen LogP contribution in [-0.4, -0.2) is 95.1 Å². The van der Waals surface area contributed by atoms with Gasteiger partial charge in [0.25, 0.3) is 0 Å². The number of hydrogen-bond acceptors (Lipinski definition) is 12. The number of nitrogens with zero attached hydrogens (tertiary/aromatic N) is 6. The fourth-order valence-corrected chi connectivity index (χ4v) is 14.7. The molecule has 4 bridgehead atoms. The van der Waals surface area contributed by atoms with Crippen molar-refractivity contribution < 1.29 is 26.4 Å². The van der Waals surface area contributed by atoms with Crippen LogP contribution < -0.4 is 0 Å². The molecule has 5 unspecified atom stereocenters. The smallest absolute Gasteiger partial charge is 0.224 e. The summed E-state index contributed by atoms with van der Waals surface area (Å²) in [5, 5.41) is 0. The summed E-state index contributed by atoms with van der Waals surface area (Å²) in [5.41, 5.74) is 10.2. The first-order chi connectivity index (χ1) is 29.8. The van der Waals surface area contributed by atoms with Crippen LogP contribution in [0.25, 0.3) is 26.0 Å². The number of carbonyl (C=O) groups is 2. The number of sulfone groups is 2. The van der Waals surface area contributed by atoms with Gasteiger partial charge in [0.1, 0.15) is 0 Å². The maximum atomic E-state index is 13.0. The van der Waals surface area contributed by atoms with Gasteiger partial charge in [0.15, 0.2) is 19.7 Å². The van der Waals surface area contributed by atoms with E-state index in [4.69, 9.17) is 0 Å². The second kappa shape index (κ2) is 17.3. The standard InChI is InChI=1S/C23H25N3O3S2.C23H23N3O3S2/c2*1-15-5-8-19(24-12-15)18-11-17-7-6-16(18)13-26(17)22(27)9-10-31(28,29)21-4-2-3-20-23(21)30-14-25-20/h2-5,8,12,14,16-18H,6-7,9-11,13H2,1H3;2-5,8,11-12,14,16-17H,6-7,9-10,13H2,1H3. The van der Waals surface area contributed by atoms with Crippen molar-refractivity contribution in [3.63, 3.8) is 0 Å². The van der Waals surface area contributed by atoms with E-state index in [-0.39, 0.29) is 64.0 Å². The van der Waals surface area contributed by atoms with Crippen LogP contribution in [0.2, 0.25) is 0 Å². The van der Waals surface area contributed by atoms with Crippen molar-refractivity contribution >= 4 is 80.2 Å². The third-order valence-corrected chi connectivity index (χ3v) is 18.4. The number of hydrogen-bond donors (Lipinski definition) is 0. The highest BCUT2D eigenvalue weighted by molar-refractivity contribution is 7.92. The van der Waals surface area contributed by atoms with E-state index in [0.717, 1.165) is 54.6 Å². The van der Waals surface area contributed by atoms with Gasteiger partial charge in [0.2, 0.25) is 11.8 Å². The molecule has 12 nitrogen and oxygen atoms in total. The average Bonchev–Trinajstić information content (AvgIpc) is 3.99. The van der Waals surface area contributed by atoms with Gasteiger partial charge in [-0.3, -0.25) is 19.6 Å². The quantitative estimate of drug-likeness (QED) is 0.133. The van der Waals surface area contributed by atoms with Crippen molar-refractivity contribution in [2.45, 2.75) is 86.6 Å². The molecule has 4 aromatic heterocycles. The minimum Gasteiger partial charge on any atom is -0.339 e. The molecule has 2 aliphatic carbocycles. The van der Waals surface area contributed by atoms with Crippen LogP contribution >= 0.6 is 22.7 Å². The molecule has 0 spiro atoms. The molecule has 8 heterocycles. The lowest BCUT2D eigenvalue weighted by Crippen LogP contribution is -2.53. The normalized spacial score (nSPS) is 22.1. The molecule has 0 radical (unpaired) electrons. The zero-order valence-electron chi connectivity index (χ0n) is 34.6. The number of thiazole rings is 2. The maximum absolute atomic E-state index is 13.0. The Morgan fingerprint density at radius 3 is 1.82 bits per heavy atom. The lowest BCUT2D eigenvalue weighted by molar-refractivity contribution is -0.139. The second-order valence-electron chi connectivity index (χ2n) is 16.9. The summed E-state index contributed by atoms with van der Waals surface area (Å²) < 4.78 is 53.1. The molecule has 12 rings (SSSR count). The van der Waals surface area contributed by atoms with Gasteiger partial charge in [-0.05, 0) is 105 Å². The van der Waals surface area contributed by atoms with Crippen molar-refractivity contribution in [2.75, 3.05) is 24.6 Å². The monoisotopic (exact) mass is 908 g/mol. The van der Waals surface area contributed by atoms with Gasteiger partial charge in [-0.2, -0.15) is 0 Å². The maximum Gasteiger partial charge on any atom is 0.224 e. The topological polar surface area (TPSA) is 160 Å². The Labute approximate surface area is 370 Å². The molecular formula is C46H48N6O6S4. The van der Waals surface area contributed by atoms with E-state index < -0.39 is 19.7 Å². The predicted octanol–water partition coefficient (Wildman–Crippen LogP) is 7.83. The molecule has 4 fully saturated rings. The molecule has 0 N–H and O–H groups in total. The second-order valence-corrected chi connectivity index (χ2v) is 22.8. The molecule has 3 saturated heterocycles. The number of pyridine rings is 2. The highest BCUT2D eigenvalue weighted by Gasteiger charge is 2.43. The summed E-state index contributed by atoms with van der Waals surface area (Å²) >= 11 is 2.63. The number of amides is 2. The number of benzene rings is 2. The Morgan fingerprint density at radius 2 is 1.29 bits per heavy atom. The van der Waals surface area contributed by atoms with Crippen LogP contribution in [0.1, 0.15) is 73.4 Å². The van der Waals surface area contributed by atoms with E-state index in [1.807, 2.05) is 42.1 Å². The summed E-state index contributed by atoms with van der Waals surface area (Å²) in [7, 11) is -7.11. The van der Waals surface area contributed by atoms with E-state index in [2.05, 4.69) is 44.2 Å². The minimum absolute atomic E-state index is 0.00724. The number of carbonyl (C=O) groups excluding carboxylic acids is 2. The van der Waals surface area contributed by atoms with Crippen LogP contribution in [0.4, 0.5) is 0 Å². The SMILES string of the molecule is Cc1ccc(C2=CC3CCC2CN3C(=O)CCS(=O)(=O)c2cccc3ncsc23)nc1.Cc1ccc(C2CC3CCC2CN3C(=O)CCS(=O)(=O)c2cccc3ncsc23)nc1. The summed E-state index contributed by atoms with van der Waals surface area (Å²) in [4.78, 5) is 47.9. The van der Waals surface area contributed by atoms with Crippen LogP contribution in [0.15, 0.2) is 99.9 Å². The third-order valence-electron chi connectivity index (χ3n) is 12.9. The molecule has 4 aliphatic heterocycles. The zero-order chi connectivity index (χ0) is 43.2. The molecule has 2 aromatic carbocycles. The molecule has 2 amide bonds. The van der Waals surface area contributed by atoms with Gasteiger partial charge < -0.3 is 9.80 Å². The van der Waals surface area contributed by atoms with E-state index in [0.29, 0.717) is 45.4 Å². The van der Waals surface area contributed by atoms with Gasteiger partial charge in [-0.15, -0.1) is 22.7 Å². The first-order valence-corrected chi connectivity index (χ1v) is 26.2. The number of rotatable bonds is 10. The minimum atomic E-state index is -3.56. The Hall–Kier alpha value is -4.90. The molecule has 6 aliphatic rings. The van der Waals surface area contributed by atoms with Crippen molar-refractivity contribution in [2.24, 2.45) is 11.8 Å². The predicted molar refractivity (Wildman–Crippen MR) is 242 cm³/mol. The van der Waals surface area contributed by atoms with Crippen LogP contribution in [0, 0.1) is 25.7 Å². The molecule has 1 saturated carbocycles. The Kier molecular flexibility index (Phi) is 11.9. The lowest BCUT2D eigenvalue weighted by Gasteiger charge is -2.49. The molecule has 6 aromatic rings. The fraction of sp³-hybridized carbons (Fsp3) is 0.391. The van der Waals surface area contributed by atoms with Crippen LogP contribution in [0.3, 0.4) is 0 Å². The van der Waals surface area contributed by atoms with E-state index in [1.54, 1.807) is 47.4 Å². The molecule has 62 heavy (non-hydrogen) atoms. The highest BCUT2D eigenvalue weighted by Crippen LogP contribution is 2.45. The molecule has 322 valence electrons. The van der Waals surface area contributed by atoms with Crippen molar-refractivity contribution in [3.8, 4) is 0 Å². The number of aryl methyl sites for hydroxylation is 2. The molecular weight excluding hydrogens is 861 g/mol. The molecule has 5 atom stereocenters. The third kappa shape index (κ3) is 8.58. The largest absolute Gasteiger partial charge is 0.339 e. The summed E-state index contributed by atoms with van der Waals surface area (Å²) in [6.45, 7) is 5.39. The Balaban J connectivity index is 0.000000158. The Bertz CT molecular complexity index is 2890. The number of aromatic nitrogens is 4. The van der Waals surface area contributed by atoms with Crippen LogP contribution in [-0.2, 0) is 29.3 Å². The van der Waals surface area contributed by atoms with Gasteiger partial charge in [0.05, 0.1) is 64.5 Å². The summed E-state index contributed by atoms with van der Waals surface area (Å²) in [5.74, 6) is 0.536. The Morgan fingerprint density at radius 1 is 0.677 bits per heavy atom. The molecule has 16 heteroatoms. The van der Waals surface area contributed by atoms with Gasteiger partial charge >= 0.3 is 0 Å². The average molecular weight is 909 g/mol. The highest BCUT2D eigenvalue weighted by atomic mass is 32.2. The first kappa shape index (κ1) is 42.4. The van der Waals surface area contributed by atoms with E-state index in [1.165, 1.54) is 28.2 Å². The number of piperidine rings is 3. The van der Waals surface area contributed by atoms with Gasteiger partial charge in [-0.25, -0.2) is 26.8 Å². The van der Waals surface area contributed by atoms with Gasteiger partial charge in [0, 0.05) is 61.9 Å². The van der Waals surface area contributed by atoms with Gasteiger partial charge in [-0.1, -0.05) is 30.3 Å². The summed E-state index contributed by atoms with van der Waals surface area (Å²) in [6.07, 6.45) is 10.9. The van der Waals surface area contributed by atoms with Crippen molar-refractivity contribution in [1.29, 1.82) is 0 Å². The zero-order valence-corrected chi connectivity index (χ0v) is 37.9. The number of fused-ring (bicyclic) bond motifs is 7. The van der Waals surface area contributed by atoms with Crippen LogP contribution in [0.5, 0.6) is 0 Å². The van der Waals surface area contributed by atoms with E-state index >= 15 is 0 Å². The first-order valence-electron chi connectivity index (χ1n) is 21.1. The van der Waals surface area contributed by atoms with E-state index in [9.17, 15) is 26.4 Å². The van der Waals surface area contributed by atoms with Crippen molar-refractivity contribution in [1.82, 2.24) is 29.7 Å². The van der Waals surface area contributed by atoms with Crippen molar-refractivity contribution in [3.05, 3.63) is 113 Å². The fourth-order valence-electron chi connectivity index (χ4n) is 9.62. The summed E-state index contributed by atoms with van der Waals surface area (Å²) in [6, 6.07) is 18.7. The lowest BCUT2D eigenvalue weighted by atomic mass is 9.70.